The molecule has 2 heteroatoms. The fourth-order valence-corrected chi connectivity index (χ4v) is 2.23. The summed E-state index contributed by atoms with van der Waals surface area (Å²) in [6, 6.07) is 9.81. The van der Waals surface area contributed by atoms with Gasteiger partial charge in [-0.25, -0.2) is 0 Å². The zero-order valence-electron chi connectivity index (χ0n) is 12.9. The molecule has 1 unspecified atom stereocenters. The quantitative estimate of drug-likeness (QED) is 0.440. The Morgan fingerprint density at radius 2 is 1.60 bits per heavy atom. The Bertz CT molecular complexity index is 359. The molecule has 20 heavy (non-hydrogen) atoms. The largest absolute Gasteiger partial charge is 0.465 e. The van der Waals surface area contributed by atoms with E-state index >= 15 is 0 Å². The van der Waals surface area contributed by atoms with E-state index in [-0.39, 0.29) is 11.9 Å². The van der Waals surface area contributed by atoms with Gasteiger partial charge < -0.3 is 4.74 Å². The number of esters is 1. The van der Waals surface area contributed by atoms with Crippen LogP contribution in [0.25, 0.3) is 0 Å². The normalized spacial score (nSPS) is 12.1. The molecule has 0 saturated heterocycles. The van der Waals surface area contributed by atoms with Crippen molar-refractivity contribution in [3.63, 3.8) is 0 Å². The molecule has 0 saturated carbocycles. The summed E-state index contributed by atoms with van der Waals surface area (Å²) < 4.78 is 5.35. The van der Waals surface area contributed by atoms with Crippen molar-refractivity contribution in [1.82, 2.24) is 0 Å². The second kappa shape index (κ2) is 10.5. The summed E-state index contributed by atoms with van der Waals surface area (Å²) in [7, 11) is 0. The highest BCUT2D eigenvalue weighted by molar-refractivity contribution is 5.77. The number of carbonyl (C=O) groups excluding carboxylic acids is 1. The zero-order chi connectivity index (χ0) is 14.6. The summed E-state index contributed by atoms with van der Waals surface area (Å²) in [6.45, 7) is 4.69. The maximum Gasteiger partial charge on any atom is 0.313 e. The van der Waals surface area contributed by atoms with Gasteiger partial charge in [-0.05, 0) is 18.9 Å². The number of unbranched alkanes of at least 4 members (excludes halogenated alkanes) is 6. The fourth-order valence-electron chi connectivity index (χ4n) is 2.23. The minimum absolute atomic E-state index is 0.109. The van der Waals surface area contributed by atoms with Gasteiger partial charge in [0.15, 0.2) is 0 Å². The van der Waals surface area contributed by atoms with Crippen molar-refractivity contribution in [3.8, 4) is 0 Å². The molecule has 0 amide bonds. The lowest BCUT2D eigenvalue weighted by molar-refractivity contribution is -0.145. The summed E-state index contributed by atoms with van der Waals surface area (Å²) in [5.41, 5.74) is 1.03. The number of benzene rings is 1. The predicted molar refractivity (Wildman–Crippen MR) is 83.8 cm³/mol. The Morgan fingerprint density at radius 3 is 2.25 bits per heavy atom. The number of rotatable bonds is 10. The lowest BCUT2D eigenvalue weighted by Crippen LogP contribution is -2.13. The summed E-state index contributed by atoms with van der Waals surface area (Å²) in [4.78, 5) is 11.9. The maximum atomic E-state index is 11.9. The van der Waals surface area contributed by atoms with Crippen LogP contribution < -0.4 is 0 Å². The van der Waals surface area contributed by atoms with Gasteiger partial charge in [-0.15, -0.1) is 0 Å². The monoisotopic (exact) mass is 276 g/mol. The molecule has 0 fully saturated rings. The Morgan fingerprint density at radius 1 is 1.00 bits per heavy atom. The van der Waals surface area contributed by atoms with E-state index in [1.54, 1.807) is 0 Å². The second-order valence-corrected chi connectivity index (χ2v) is 5.42. The number of carbonyl (C=O) groups is 1. The molecule has 0 aliphatic carbocycles. The molecule has 112 valence electrons. The van der Waals surface area contributed by atoms with E-state index in [1.165, 1.54) is 32.1 Å². The van der Waals surface area contributed by atoms with Crippen molar-refractivity contribution >= 4 is 5.97 Å². The highest BCUT2D eigenvalue weighted by Gasteiger charge is 2.15. The third-order valence-electron chi connectivity index (χ3n) is 3.65. The molecular weight excluding hydrogens is 248 g/mol. The minimum atomic E-state index is -0.166. The molecular formula is C18H28O2. The topological polar surface area (TPSA) is 26.3 Å². The Kier molecular flexibility index (Phi) is 8.77. The highest BCUT2D eigenvalue weighted by atomic mass is 16.5. The van der Waals surface area contributed by atoms with E-state index in [4.69, 9.17) is 4.74 Å². The van der Waals surface area contributed by atoms with Crippen LogP contribution in [-0.4, -0.2) is 12.6 Å². The molecule has 0 aliphatic rings. The predicted octanol–water partition coefficient (Wildman–Crippen LogP) is 5.08. The second-order valence-electron chi connectivity index (χ2n) is 5.42. The van der Waals surface area contributed by atoms with Gasteiger partial charge in [0, 0.05) is 0 Å². The molecule has 0 bridgehead atoms. The Balaban J connectivity index is 2.08. The number of hydrogen-bond acceptors (Lipinski definition) is 2. The maximum absolute atomic E-state index is 11.9. The average molecular weight is 276 g/mol. The van der Waals surface area contributed by atoms with Gasteiger partial charge in [-0.1, -0.05) is 75.8 Å². The van der Waals surface area contributed by atoms with Crippen LogP contribution in [-0.2, 0) is 9.53 Å². The van der Waals surface area contributed by atoms with E-state index in [2.05, 4.69) is 6.92 Å². The molecule has 1 aromatic carbocycles. The molecule has 0 spiro atoms. The summed E-state index contributed by atoms with van der Waals surface area (Å²) in [5, 5.41) is 0. The fraction of sp³-hybridized carbons (Fsp3) is 0.611. The first-order chi connectivity index (χ1) is 9.75. The molecule has 0 aromatic heterocycles. The van der Waals surface area contributed by atoms with Gasteiger partial charge in [0.2, 0.25) is 0 Å². The van der Waals surface area contributed by atoms with Crippen LogP contribution in [0.5, 0.6) is 0 Å². The first kappa shape index (κ1) is 16.7. The first-order valence-electron chi connectivity index (χ1n) is 7.97. The standard InChI is InChI=1S/C18H28O2/c1-3-4-5-6-7-8-12-15-20-18(19)16(2)17-13-10-9-11-14-17/h9-11,13-14,16H,3-8,12,15H2,1-2H3. The van der Waals surface area contributed by atoms with Gasteiger partial charge in [0.1, 0.15) is 0 Å². The van der Waals surface area contributed by atoms with Crippen LogP contribution in [0.1, 0.15) is 70.3 Å². The van der Waals surface area contributed by atoms with Crippen molar-refractivity contribution in [2.24, 2.45) is 0 Å². The SMILES string of the molecule is CCCCCCCCCOC(=O)C(C)c1ccccc1. The lowest BCUT2D eigenvalue weighted by Gasteiger charge is -2.11. The third-order valence-corrected chi connectivity index (χ3v) is 3.65. The highest BCUT2D eigenvalue weighted by Crippen LogP contribution is 2.16. The van der Waals surface area contributed by atoms with Crippen LogP contribution in [0.2, 0.25) is 0 Å². The molecule has 2 nitrogen and oxygen atoms in total. The molecule has 1 rings (SSSR count). The van der Waals surface area contributed by atoms with Gasteiger partial charge in [-0.3, -0.25) is 4.79 Å². The molecule has 0 heterocycles. The smallest absolute Gasteiger partial charge is 0.313 e. The van der Waals surface area contributed by atoms with Crippen molar-refractivity contribution in [1.29, 1.82) is 0 Å². The van der Waals surface area contributed by atoms with E-state index in [0.717, 1.165) is 18.4 Å². The van der Waals surface area contributed by atoms with Crippen molar-refractivity contribution in [2.75, 3.05) is 6.61 Å². The Labute approximate surface area is 123 Å². The molecule has 1 atom stereocenters. The number of ether oxygens (including phenoxy) is 1. The minimum Gasteiger partial charge on any atom is -0.465 e. The van der Waals surface area contributed by atoms with Gasteiger partial charge in [0.05, 0.1) is 12.5 Å². The van der Waals surface area contributed by atoms with E-state index in [1.807, 2.05) is 37.3 Å². The van der Waals surface area contributed by atoms with Gasteiger partial charge in [0.25, 0.3) is 0 Å². The van der Waals surface area contributed by atoms with Crippen molar-refractivity contribution in [2.45, 2.75) is 64.7 Å². The van der Waals surface area contributed by atoms with Crippen LogP contribution >= 0.6 is 0 Å². The van der Waals surface area contributed by atoms with E-state index < -0.39 is 0 Å². The zero-order valence-corrected chi connectivity index (χ0v) is 12.9. The van der Waals surface area contributed by atoms with Crippen molar-refractivity contribution < 1.29 is 9.53 Å². The summed E-state index contributed by atoms with van der Waals surface area (Å²) in [6.07, 6.45) is 8.67. The van der Waals surface area contributed by atoms with Crippen LogP contribution in [0, 0.1) is 0 Å². The number of hydrogen-bond donors (Lipinski definition) is 0. The van der Waals surface area contributed by atoms with Crippen molar-refractivity contribution in [3.05, 3.63) is 35.9 Å². The van der Waals surface area contributed by atoms with Gasteiger partial charge in [-0.2, -0.15) is 0 Å². The Hall–Kier alpha value is -1.31. The molecule has 0 aliphatic heterocycles. The average Bonchev–Trinajstić information content (AvgIpc) is 2.50. The lowest BCUT2D eigenvalue weighted by atomic mass is 10.0. The van der Waals surface area contributed by atoms with Crippen LogP contribution in [0.4, 0.5) is 0 Å². The summed E-state index contributed by atoms with van der Waals surface area (Å²) in [5.74, 6) is -0.275. The molecule has 1 aromatic rings. The molecule has 0 N–H and O–H groups in total. The van der Waals surface area contributed by atoms with Crippen LogP contribution in [0.15, 0.2) is 30.3 Å². The van der Waals surface area contributed by atoms with Gasteiger partial charge >= 0.3 is 5.97 Å². The molecule has 0 radical (unpaired) electrons. The first-order valence-corrected chi connectivity index (χ1v) is 7.97. The van der Waals surface area contributed by atoms with E-state index in [9.17, 15) is 4.79 Å². The third kappa shape index (κ3) is 6.74. The van der Waals surface area contributed by atoms with Crippen LogP contribution in [0.3, 0.4) is 0 Å². The summed E-state index contributed by atoms with van der Waals surface area (Å²) >= 11 is 0. The van der Waals surface area contributed by atoms with E-state index in [0.29, 0.717) is 6.61 Å².